The molecular formula is C26H37IN4O2. The SMILES string of the molecule is CN=C(NCC1CC(=O)N(CCc2ccccc2)C1)NCC(C)(C)c1cccc(OC)c1.I. The summed E-state index contributed by atoms with van der Waals surface area (Å²) < 4.78 is 5.36. The van der Waals surface area contributed by atoms with E-state index < -0.39 is 0 Å². The van der Waals surface area contributed by atoms with E-state index in [1.54, 1.807) is 14.2 Å². The summed E-state index contributed by atoms with van der Waals surface area (Å²) in [5.74, 6) is 2.16. The van der Waals surface area contributed by atoms with E-state index in [1.807, 2.05) is 35.2 Å². The van der Waals surface area contributed by atoms with Crippen molar-refractivity contribution in [2.24, 2.45) is 10.9 Å². The van der Waals surface area contributed by atoms with Gasteiger partial charge in [0.2, 0.25) is 5.91 Å². The van der Waals surface area contributed by atoms with Gasteiger partial charge in [0.1, 0.15) is 5.75 Å². The lowest BCUT2D eigenvalue weighted by Gasteiger charge is -2.27. The van der Waals surface area contributed by atoms with Gasteiger partial charge in [0.15, 0.2) is 5.96 Å². The van der Waals surface area contributed by atoms with E-state index in [2.05, 4.69) is 53.7 Å². The number of rotatable bonds is 9. The Hall–Kier alpha value is -2.29. The molecule has 1 heterocycles. The van der Waals surface area contributed by atoms with Gasteiger partial charge in [-0.05, 0) is 29.7 Å². The van der Waals surface area contributed by atoms with E-state index in [1.165, 1.54) is 11.1 Å². The number of hydrogen-bond acceptors (Lipinski definition) is 3. The highest BCUT2D eigenvalue weighted by Crippen LogP contribution is 2.25. The summed E-state index contributed by atoms with van der Waals surface area (Å²) in [7, 11) is 3.46. The number of methoxy groups -OCH3 is 1. The zero-order valence-electron chi connectivity index (χ0n) is 20.1. The van der Waals surface area contributed by atoms with Gasteiger partial charge in [-0.1, -0.05) is 56.3 Å². The summed E-state index contributed by atoms with van der Waals surface area (Å²) in [6.07, 6.45) is 1.49. The number of guanidine groups is 1. The highest BCUT2D eigenvalue weighted by atomic mass is 127. The molecule has 3 rings (SSSR count). The molecule has 1 amide bonds. The number of carbonyl (C=O) groups is 1. The minimum Gasteiger partial charge on any atom is -0.497 e. The quantitative estimate of drug-likeness (QED) is 0.276. The van der Waals surface area contributed by atoms with Gasteiger partial charge in [-0.15, -0.1) is 24.0 Å². The van der Waals surface area contributed by atoms with Crippen molar-refractivity contribution in [3.63, 3.8) is 0 Å². The number of carbonyl (C=O) groups excluding carboxylic acids is 1. The molecule has 0 bridgehead atoms. The van der Waals surface area contributed by atoms with Gasteiger partial charge in [-0.2, -0.15) is 0 Å². The topological polar surface area (TPSA) is 66.0 Å². The molecule has 1 saturated heterocycles. The molecule has 1 aliphatic heterocycles. The van der Waals surface area contributed by atoms with Gasteiger partial charge in [0, 0.05) is 51.0 Å². The first kappa shape index (κ1) is 27.0. The Bertz CT molecular complexity index is 918. The maximum atomic E-state index is 12.4. The second kappa shape index (κ2) is 12.8. The molecule has 33 heavy (non-hydrogen) atoms. The fraction of sp³-hybridized carbons (Fsp3) is 0.462. The lowest BCUT2D eigenvalue weighted by atomic mass is 9.84. The number of nitrogens with zero attached hydrogens (tertiary/aromatic N) is 2. The maximum absolute atomic E-state index is 12.4. The van der Waals surface area contributed by atoms with Crippen molar-refractivity contribution in [1.29, 1.82) is 0 Å². The van der Waals surface area contributed by atoms with Crippen LogP contribution in [0.2, 0.25) is 0 Å². The Morgan fingerprint density at radius 2 is 1.91 bits per heavy atom. The van der Waals surface area contributed by atoms with Crippen LogP contribution in [0.4, 0.5) is 0 Å². The first-order valence-corrected chi connectivity index (χ1v) is 11.3. The molecule has 0 aliphatic carbocycles. The number of nitrogens with one attached hydrogen (secondary N) is 2. The van der Waals surface area contributed by atoms with E-state index in [9.17, 15) is 4.79 Å². The van der Waals surface area contributed by atoms with Gasteiger partial charge in [-0.3, -0.25) is 9.79 Å². The van der Waals surface area contributed by atoms with Crippen LogP contribution in [0.5, 0.6) is 5.75 Å². The number of hydrogen-bond donors (Lipinski definition) is 2. The van der Waals surface area contributed by atoms with Crippen LogP contribution >= 0.6 is 24.0 Å². The predicted octanol–water partition coefficient (Wildman–Crippen LogP) is 3.85. The Kier molecular flexibility index (Phi) is 10.5. The number of likely N-dealkylation sites (tertiary alicyclic amines) is 1. The van der Waals surface area contributed by atoms with Crippen LogP contribution in [0, 0.1) is 5.92 Å². The lowest BCUT2D eigenvalue weighted by molar-refractivity contribution is -0.127. The summed E-state index contributed by atoms with van der Waals surface area (Å²) in [5, 5.41) is 6.85. The molecule has 1 unspecified atom stereocenters. The largest absolute Gasteiger partial charge is 0.497 e. The Morgan fingerprint density at radius 1 is 1.15 bits per heavy atom. The number of ether oxygens (including phenoxy) is 1. The fourth-order valence-corrected chi connectivity index (χ4v) is 4.03. The van der Waals surface area contributed by atoms with Crippen molar-refractivity contribution in [3.8, 4) is 5.75 Å². The fourth-order valence-electron chi connectivity index (χ4n) is 4.03. The van der Waals surface area contributed by atoms with Crippen molar-refractivity contribution < 1.29 is 9.53 Å². The smallest absolute Gasteiger partial charge is 0.223 e. The minimum absolute atomic E-state index is 0. The molecule has 1 atom stereocenters. The van der Waals surface area contributed by atoms with Crippen molar-refractivity contribution in [2.75, 3.05) is 40.3 Å². The minimum atomic E-state index is -0.0935. The summed E-state index contributed by atoms with van der Waals surface area (Å²) in [6.45, 7) is 7.43. The third kappa shape index (κ3) is 7.91. The van der Waals surface area contributed by atoms with Crippen LogP contribution in [0.1, 0.15) is 31.4 Å². The van der Waals surface area contributed by atoms with Crippen molar-refractivity contribution >= 4 is 35.8 Å². The van der Waals surface area contributed by atoms with Crippen LogP contribution in [0.25, 0.3) is 0 Å². The first-order valence-electron chi connectivity index (χ1n) is 11.3. The van der Waals surface area contributed by atoms with Crippen LogP contribution in [0.15, 0.2) is 59.6 Å². The van der Waals surface area contributed by atoms with E-state index in [0.29, 0.717) is 12.3 Å². The summed E-state index contributed by atoms with van der Waals surface area (Å²) in [5.41, 5.74) is 2.38. The summed E-state index contributed by atoms with van der Waals surface area (Å²) >= 11 is 0. The second-order valence-electron chi connectivity index (χ2n) is 9.07. The zero-order valence-corrected chi connectivity index (χ0v) is 22.5. The summed E-state index contributed by atoms with van der Waals surface area (Å²) in [4.78, 5) is 18.8. The molecule has 0 aromatic heterocycles. The number of amides is 1. The number of halogens is 1. The Labute approximate surface area is 215 Å². The molecule has 2 N–H and O–H groups in total. The maximum Gasteiger partial charge on any atom is 0.223 e. The zero-order chi connectivity index (χ0) is 23.0. The average molecular weight is 565 g/mol. The van der Waals surface area contributed by atoms with Gasteiger partial charge < -0.3 is 20.3 Å². The van der Waals surface area contributed by atoms with Crippen molar-refractivity contribution in [3.05, 3.63) is 65.7 Å². The van der Waals surface area contributed by atoms with Crippen LogP contribution in [0.3, 0.4) is 0 Å². The van der Waals surface area contributed by atoms with E-state index in [-0.39, 0.29) is 35.3 Å². The van der Waals surface area contributed by atoms with Gasteiger partial charge in [0.05, 0.1) is 7.11 Å². The van der Waals surface area contributed by atoms with Crippen molar-refractivity contribution in [2.45, 2.75) is 32.1 Å². The third-order valence-corrected chi connectivity index (χ3v) is 6.14. The van der Waals surface area contributed by atoms with Crippen LogP contribution < -0.4 is 15.4 Å². The molecule has 1 fully saturated rings. The van der Waals surface area contributed by atoms with Gasteiger partial charge in [-0.25, -0.2) is 0 Å². The molecule has 2 aromatic rings. The van der Waals surface area contributed by atoms with E-state index >= 15 is 0 Å². The Balaban J connectivity index is 0.00000385. The van der Waals surface area contributed by atoms with E-state index in [0.717, 1.165) is 44.3 Å². The standard InChI is InChI=1S/C26H36N4O2.HI/c1-26(2,22-11-8-12-23(16-22)32-4)19-29-25(27-3)28-17-21-15-24(31)30(18-21)14-13-20-9-6-5-7-10-20;/h5-12,16,21H,13-15,17-19H2,1-4H3,(H2,27,28,29);1H. The second-order valence-corrected chi connectivity index (χ2v) is 9.07. The molecule has 6 nitrogen and oxygen atoms in total. The normalized spacial score (nSPS) is 16.4. The van der Waals surface area contributed by atoms with Crippen LogP contribution in [-0.2, 0) is 16.6 Å². The molecular weight excluding hydrogens is 527 g/mol. The van der Waals surface area contributed by atoms with Gasteiger partial charge >= 0.3 is 0 Å². The third-order valence-electron chi connectivity index (χ3n) is 6.14. The highest BCUT2D eigenvalue weighted by Gasteiger charge is 2.29. The lowest BCUT2D eigenvalue weighted by Crippen LogP contribution is -2.45. The van der Waals surface area contributed by atoms with Crippen molar-refractivity contribution in [1.82, 2.24) is 15.5 Å². The number of benzene rings is 2. The molecule has 2 aromatic carbocycles. The average Bonchev–Trinajstić information content (AvgIpc) is 3.17. The molecule has 0 spiro atoms. The Morgan fingerprint density at radius 3 is 2.61 bits per heavy atom. The highest BCUT2D eigenvalue weighted by molar-refractivity contribution is 14.0. The van der Waals surface area contributed by atoms with E-state index in [4.69, 9.17) is 4.74 Å². The molecule has 180 valence electrons. The molecule has 1 aliphatic rings. The van der Waals surface area contributed by atoms with Gasteiger partial charge in [0.25, 0.3) is 0 Å². The first-order chi connectivity index (χ1) is 15.4. The predicted molar refractivity (Wildman–Crippen MR) is 146 cm³/mol. The molecule has 0 radical (unpaired) electrons. The summed E-state index contributed by atoms with van der Waals surface area (Å²) in [6, 6.07) is 18.5. The molecule has 7 heteroatoms. The number of aliphatic imine (C=N–C) groups is 1. The molecule has 0 saturated carbocycles. The monoisotopic (exact) mass is 564 g/mol. The van der Waals surface area contributed by atoms with Crippen LogP contribution in [-0.4, -0.2) is 57.1 Å².